The zero-order chi connectivity index (χ0) is 8.27. The second kappa shape index (κ2) is 3.07. The van der Waals surface area contributed by atoms with E-state index in [0.717, 1.165) is 12.0 Å². The van der Waals surface area contributed by atoms with E-state index in [1.54, 1.807) is 6.07 Å². The molecule has 56 valence electrons. The molecule has 0 heterocycles. The van der Waals surface area contributed by atoms with Gasteiger partial charge >= 0.3 is 0 Å². The number of nitrogen functional groups attached to an aromatic ring is 1. The van der Waals surface area contributed by atoms with E-state index in [-0.39, 0.29) is 0 Å². The SMILES string of the molecule is CCc1ccc(N)c(C#N)c1. The Labute approximate surface area is 66.3 Å². The van der Waals surface area contributed by atoms with Gasteiger partial charge < -0.3 is 5.73 Å². The molecule has 0 aromatic heterocycles. The van der Waals surface area contributed by atoms with Gasteiger partial charge in [0.15, 0.2) is 0 Å². The molecular formula is C9H10N2. The van der Waals surface area contributed by atoms with Gasteiger partial charge in [0.05, 0.1) is 5.56 Å². The number of hydrogen-bond acceptors (Lipinski definition) is 2. The topological polar surface area (TPSA) is 49.8 Å². The molecule has 2 heteroatoms. The van der Waals surface area contributed by atoms with Crippen molar-refractivity contribution in [2.75, 3.05) is 5.73 Å². The summed E-state index contributed by atoms with van der Waals surface area (Å²) >= 11 is 0. The zero-order valence-electron chi connectivity index (χ0n) is 6.46. The van der Waals surface area contributed by atoms with Gasteiger partial charge in [-0.1, -0.05) is 13.0 Å². The summed E-state index contributed by atoms with van der Waals surface area (Å²) < 4.78 is 0. The van der Waals surface area contributed by atoms with E-state index in [2.05, 4.69) is 0 Å². The normalized spacial score (nSPS) is 9.09. The van der Waals surface area contributed by atoms with Crippen molar-refractivity contribution in [1.29, 1.82) is 5.26 Å². The molecule has 0 bridgehead atoms. The molecule has 1 aromatic rings. The van der Waals surface area contributed by atoms with Crippen LogP contribution in [0.25, 0.3) is 0 Å². The minimum atomic E-state index is 0.560. The number of benzene rings is 1. The third-order valence-electron chi connectivity index (χ3n) is 1.65. The van der Waals surface area contributed by atoms with Gasteiger partial charge in [-0.15, -0.1) is 0 Å². The van der Waals surface area contributed by atoms with Crippen molar-refractivity contribution in [2.24, 2.45) is 0 Å². The molecule has 0 saturated carbocycles. The Morgan fingerprint density at radius 2 is 2.27 bits per heavy atom. The Balaban J connectivity index is 3.15. The summed E-state index contributed by atoms with van der Waals surface area (Å²) in [4.78, 5) is 0. The van der Waals surface area contributed by atoms with Crippen LogP contribution in [-0.4, -0.2) is 0 Å². The van der Waals surface area contributed by atoms with Crippen molar-refractivity contribution >= 4 is 5.69 Å². The highest BCUT2D eigenvalue weighted by atomic mass is 14.6. The lowest BCUT2D eigenvalue weighted by molar-refractivity contribution is 1.14. The molecule has 11 heavy (non-hydrogen) atoms. The molecule has 0 aliphatic heterocycles. The maximum Gasteiger partial charge on any atom is 0.101 e. The Bertz CT molecular complexity index is 297. The Morgan fingerprint density at radius 1 is 1.55 bits per heavy atom. The summed E-state index contributed by atoms with van der Waals surface area (Å²) in [5.41, 5.74) is 7.81. The lowest BCUT2D eigenvalue weighted by Gasteiger charge is -1.99. The third-order valence-corrected chi connectivity index (χ3v) is 1.65. The first-order valence-corrected chi connectivity index (χ1v) is 3.56. The standard InChI is InChI=1S/C9H10N2/c1-2-7-3-4-9(11)8(5-7)6-10/h3-5H,2,11H2,1H3. The van der Waals surface area contributed by atoms with Gasteiger partial charge in [0, 0.05) is 5.69 Å². The van der Waals surface area contributed by atoms with Crippen molar-refractivity contribution < 1.29 is 0 Å². The summed E-state index contributed by atoms with van der Waals surface area (Å²) in [5, 5.41) is 8.61. The third kappa shape index (κ3) is 1.50. The van der Waals surface area contributed by atoms with Crippen LogP contribution in [0.2, 0.25) is 0 Å². The molecular weight excluding hydrogens is 136 g/mol. The molecule has 1 aromatic carbocycles. The fourth-order valence-electron chi connectivity index (χ4n) is 0.920. The van der Waals surface area contributed by atoms with Gasteiger partial charge in [0.25, 0.3) is 0 Å². The van der Waals surface area contributed by atoms with E-state index in [0.29, 0.717) is 11.3 Å². The lowest BCUT2D eigenvalue weighted by Crippen LogP contribution is -1.91. The van der Waals surface area contributed by atoms with Crippen LogP contribution in [0.4, 0.5) is 5.69 Å². The van der Waals surface area contributed by atoms with Gasteiger partial charge in [-0.05, 0) is 24.1 Å². The minimum Gasteiger partial charge on any atom is -0.398 e. The smallest absolute Gasteiger partial charge is 0.101 e. The van der Waals surface area contributed by atoms with Gasteiger partial charge in [-0.3, -0.25) is 0 Å². The van der Waals surface area contributed by atoms with Gasteiger partial charge in [0.1, 0.15) is 6.07 Å². The van der Waals surface area contributed by atoms with Crippen LogP contribution in [0.15, 0.2) is 18.2 Å². The zero-order valence-corrected chi connectivity index (χ0v) is 6.46. The number of nitrogens with zero attached hydrogens (tertiary/aromatic N) is 1. The Kier molecular flexibility index (Phi) is 2.12. The fraction of sp³-hybridized carbons (Fsp3) is 0.222. The van der Waals surface area contributed by atoms with Crippen LogP contribution >= 0.6 is 0 Å². The Morgan fingerprint density at radius 3 is 2.82 bits per heavy atom. The lowest BCUT2D eigenvalue weighted by atomic mass is 10.1. The van der Waals surface area contributed by atoms with Crippen LogP contribution in [-0.2, 0) is 6.42 Å². The first kappa shape index (κ1) is 7.62. The number of hydrogen-bond donors (Lipinski definition) is 1. The molecule has 0 amide bonds. The van der Waals surface area contributed by atoms with Crippen LogP contribution < -0.4 is 5.73 Å². The second-order valence-electron chi connectivity index (χ2n) is 2.39. The molecule has 0 atom stereocenters. The number of aryl methyl sites for hydroxylation is 1. The number of rotatable bonds is 1. The van der Waals surface area contributed by atoms with Crippen molar-refractivity contribution in [1.82, 2.24) is 0 Å². The average Bonchev–Trinajstić information content (AvgIpc) is 2.05. The number of nitrogens with two attached hydrogens (primary N) is 1. The second-order valence-corrected chi connectivity index (χ2v) is 2.39. The van der Waals surface area contributed by atoms with Crippen LogP contribution in [0.5, 0.6) is 0 Å². The van der Waals surface area contributed by atoms with E-state index >= 15 is 0 Å². The molecule has 0 aliphatic carbocycles. The quantitative estimate of drug-likeness (QED) is 0.613. The first-order valence-electron chi connectivity index (χ1n) is 3.56. The maximum atomic E-state index is 8.61. The molecule has 0 fully saturated rings. The number of nitriles is 1. The first-order chi connectivity index (χ1) is 5.27. The summed E-state index contributed by atoms with van der Waals surface area (Å²) in [5.74, 6) is 0. The average molecular weight is 146 g/mol. The summed E-state index contributed by atoms with van der Waals surface area (Å²) in [6.45, 7) is 2.05. The summed E-state index contributed by atoms with van der Waals surface area (Å²) in [7, 11) is 0. The molecule has 2 N–H and O–H groups in total. The summed E-state index contributed by atoms with van der Waals surface area (Å²) in [6.07, 6.45) is 0.939. The predicted molar refractivity (Wildman–Crippen MR) is 44.9 cm³/mol. The highest BCUT2D eigenvalue weighted by Gasteiger charge is 1.97. The number of anilines is 1. The minimum absolute atomic E-state index is 0.560. The van der Waals surface area contributed by atoms with Crippen molar-refractivity contribution in [3.8, 4) is 6.07 Å². The predicted octanol–water partition coefficient (Wildman–Crippen LogP) is 1.70. The Hall–Kier alpha value is -1.49. The van der Waals surface area contributed by atoms with Crippen molar-refractivity contribution in [3.63, 3.8) is 0 Å². The molecule has 0 spiro atoms. The highest BCUT2D eigenvalue weighted by molar-refractivity contribution is 5.55. The molecule has 0 radical (unpaired) electrons. The molecule has 0 saturated heterocycles. The summed E-state index contributed by atoms with van der Waals surface area (Å²) in [6, 6.07) is 7.59. The molecule has 0 aliphatic rings. The van der Waals surface area contributed by atoms with Crippen molar-refractivity contribution in [2.45, 2.75) is 13.3 Å². The monoisotopic (exact) mass is 146 g/mol. The molecule has 2 nitrogen and oxygen atoms in total. The largest absolute Gasteiger partial charge is 0.398 e. The van der Waals surface area contributed by atoms with Gasteiger partial charge in [0.2, 0.25) is 0 Å². The van der Waals surface area contributed by atoms with Gasteiger partial charge in [-0.25, -0.2) is 0 Å². The van der Waals surface area contributed by atoms with Gasteiger partial charge in [-0.2, -0.15) is 5.26 Å². The van der Waals surface area contributed by atoms with Crippen LogP contribution in [0.1, 0.15) is 18.1 Å². The van der Waals surface area contributed by atoms with E-state index in [1.807, 2.05) is 25.1 Å². The van der Waals surface area contributed by atoms with Crippen molar-refractivity contribution in [3.05, 3.63) is 29.3 Å². The fourth-order valence-corrected chi connectivity index (χ4v) is 0.920. The van der Waals surface area contributed by atoms with Crippen LogP contribution in [0.3, 0.4) is 0 Å². The van der Waals surface area contributed by atoms with E-state index in [4.69, 9.17) is 11.0 Å². The maximum absolute atomic E-state index is 8.61. The van der Waals surface area contributed by atoms with E-state index in [1.165, 1.54) is 0 Å². The van der Waals surface area contributed by atoms with E-state index in [9.17, 15) is 0 Å². The highest BCUT2D eigenvalue weighted by Crippen LogP contribution is 2.12. The molecule has 0 unspecified atom stereocenters. The van der Waals surface area contributed by atoms with Crippen LogP contribution in [0, 0.1) is 11.3 Å². The molecule has 1 rings (SSSR count). The van der Waals surface area contributed by atoms with E-state index < -0.39 is 0 Å².